The van der Waals surface area contributed by atoms with Crippen LogP contribution < -0.4 is 10.6 Å². The van der Waals surface area contributed by atoms with Crippen LogP contribution in [0.15, 0.2) is 72.6 Å². The Bertz CT molecular complexity index is 528. The second-order valence-electron chi connectivity index (χ2n) is 5.83. The minimum atomic E-state index is -0.429. The van der Waals surface area contributed by atoms with Crippen molar-refractivity contribution in [2.24, 2.45) is 5.92 Å². The fourth-order valence-electron chi connectivity index (χ4n) is 3.25. The van der Waals surface area contributed by atoms with Gasteiger partial charge < -0.3 is 0 Å². The molecule has 0 bridgehead atoms. The summed E-state index contributed by atoms with van der Waals surface area (Å²) in [5, 5.41) is 4.35. The van der Waals surface area contributed by atoms with Crippen LogP contribution in [0.3, 0.4) is 0 Å². The SMILES string of the molecule is C=C(C1CCCCC1)P(c1ccccc1)c1ccccc1. The molecular formula is C20H23P. The molecule has 0 aliphatic heterocycles. The van der Waals surface area contributed by atoms with Crippen LogP contribution in [0.4, 0.5) is 0 Å². The summed E-state index contributed by atoms with van der Waals surface area (Å²) in [5.74, 6) is 0.713. The average molecular weight is 294 g/mol. The van der Waals surface area contributed by atoms with E-state index < -0.39 is 7.92 Å². The number of hydrogen-bond acceptors (Lipinski definition) is 0. The van der Waals surface area contributed by atoms with Crippen LogP contribution in [0.5, 0.6) is 0 Å². The molecule has 0 aromatic heterocycles. The largest absolute Gasteiger partial charge is 0.0944 e. The molecule has 1 saturated carbocycles. The molecule has 0 heterocycles. The highest BCUT2D eigenvalue weighted by atomic mass is 31.1. The Morgan fingerprint density at radius 3 is 1.71 bits per heavy atom. The molecule has 3 rings (SSSR count). The van der Waals surface area contributed by atoms with Gasteiger partial charge in [-0.1, -0.05) is 86.5 Å². The lowest BCUT2D eigenvalue weighted by Crippen LogP contribution is -2.18. The van der Waals surface area contributed by atoms with Gasteiger partial charge in [-0.15, -0.1) is 0 Å². The van der Waals surface area contributed by atoms with E-state index in [0.717, 1.165) is 0 Å². The second kappa shape index (κ2) is 7.05. The van der Waals surface area contributed by atoms with Crippen molar-refractivity contribution in [3.63, 3.8) is 0 Å². The molecule has 1 heteroatoms. The Labute approximate surface area is 129 Å². The number of benzene rings is 2. The highest BCUT2D eigenvalue weighted by Gasteiger charge is 2.25. The van der Waals surface area contributed by atoms with Gasteiger partial charge in [0.05, 0.1) is 0 Å². The minimum absolute atomic E-state index is 0.429. The van der Waals surface area contributed by atoms with Crippen LogP contribution in [0.1, 0.15) is 32.1 Å². The van der Waals surface area contributed by atoms with Crippen LogP contribution in [0.25, 0.3) is 0 Å². The highest BCUT2D eigenvalue weighted by molar-refractivity contribution is 7.76. The van der Waals surface area contributed by atoms with E-state index in [4.69, 9.17) is 0 Å². The van der Waals surface area contributed by atoms with Crippen LogP contribution >= 0.6 is 7.92 Å². The van der Waals surface area contributed by atoms with Gasteiger partial charge in [-0.05, 0) is 42.6 Å². The van der Waals surface area contributed by atoms with Gasteiger partial charge in [-0.3, -0.25) is 0 Å². The maximum Gasteiger partial charge on any atom is -0.0154 e. The smallest absolute Gasteiger partial charge is 0.0154 e. The van der Waals surface area contributed by atoms with Crippen LogP contribution in [0, 0.1) is 5.92 Å². The third-order valence-corrected chi connectivity index (χ3v) is 6.96. The summed E-state index contributed by atoms with van der Waals surface area (Å²) in [5.41, 5.74) is 0. The summed E-state index contributed by atoms with van der Waals surface area (Å²) in [6.45, 7) is 4.56. The van der Waals surface area contributed by atoms with Crippen molar-refractivity contribution in [1.82, 2.24) is 0 Å². The summed E-state index contributed by atoms with van der Waals surface area (Å²) < 4.78 is 0. The lowest BCUT2D eigenvalue weighted by atomic mass is 9.89. The van der Waals surface area contributed by atoms with E-state index in [2.05, 4.69) is 67.2 Å². The molecule has 2 aromatic rings. The summed E-state index contributed by atoms with van der Waals surface area (Å²) in [7, 11) is -0.429. The van der Waals surface area contributed by atoms with E-state index in [1.807, 2.05) is 0 Å². The molecule has 0 amide bonds. The summed E-state index contributed by atoms with van der Waals surface area (Å²) in [4.78, 5) is 0. The van der Waals surface area contributed by atoms with Gasteiger partial charge >= 0.3 is 0 Å². The molecule has 1 aliphatic carbocycles. The predicted octanol–water partition coefficient (Wildman–Crippen LogP) is 5.21. The first-order valence-corrected chi connectivity index (χ1v) is 9.29. The van der Waals surface area contributed by atoms with Crippen molar-refractivity contribution in [1.29, 1.82) is 0 Å². The molecule has 0 atom stereocenters. The van der Waals surface area contributed by atoms with Crippen molar-refractivity contribution in [2.45, 2.75) is 32.1 Å². The number of hydrogen-bond donors (Lipinski definition) is 0. The van der Waals surface area contributed by atoms with Crippen molar-refractivity contribution in [3.8, 4) is 0 Å². The standard InChI is InChI=1S/C20H23P/c1-17(18-11-5-2-6-12-18)21(19-13-7-3-8-14-19)20-15-9-4-10-16-20/h3-4,7-10,13-16,18H,1-2,5-6,11-12H2. The van der Waals surface area contributed by atoms with Crippen LogP contribution in [-0.2, 0) is 0 Å². The number of allylic oxidation sites excluding steroid dienone is 1. The van der Waals surface area contributed by atoms with Gasteiger partial charge in [0.25, 0.3) is 0 Å². The van der Waals surface area contributed by atoms with Crippen LogP contribution in [0.2, 0.25) is 0 Å². The zero-order valence-electron chi connectivity index (χ0n) is 12.5. The van der Waals surface area contributed by atoms with E-state index in [1.165, 1.54) is 48.0 Å². The summed E-state index contributed by atoms with van der Waals surface area (Å²) in [6.07, 6.45) is 6.81. The molecule has 0 N–H and O–H groups in total. The summed E-state index contributed by atoms with van der Waals surface area (Å²) in [6, 6.07) is 21.9. The molecule has 0 unspecified atom stereocenters. The van der Waals surface area contributed by atoms with Gasteiger partial charge in [0.2, 0.25) is 0 Å². The number of rotatable bonds is 4. The average Bonchev–Trinajstić information content (AvgIpc) is 2.58. The molecule has 1 aliphatic rings. The third kappa shape index (κ3) is 3.44. The van der Waals surface area contributed by atoms with Crippen molar-refractivity contribution in [3.05, 3.63) is 72.6 Å². The molecule has 21 heavy (non-hydrogen) atoms. The van der Waals surface area contributed by atoms with Gasteiger partial charge in [-0.25, -0.2) is 0 Å². The van der Waals surface area contributed by atoms with Gasteiger partial charge in [-0.2, -0.15) is 0 Å². The topological polar surface area (TPSA) is 0 Å². The molecule has 0 saturated heterocycles. The Balaban J connectivity index is 1.94. The quantitative estimate of drug-likeness (QED) is 0.679. The monoisotopic (exact) mass is 294 g/mol. The van der Waals surface area contributed by atoms with Gasteiger partial charge in [0.1, 0.15) is 0 Å². The zero-order chi connectivity index (χ0) is 14.5. The molecule has 0 spiro atoms. The lowest BCUT2D eigenvalue weighted by molar-refractivity contribution is 0.415. The van der Waals surface area contributed by atoms with Gasteiger partial charge in [0, 0.05) is 0 Å². The molecule has 2 aromatic carbocycles. The summed E-state index contributed by atoms with van der Waals surface area (Å²) >= 11 is 0. The second-order valence-corrected chi connectivity index (χ2v) is 8.11. The Morgan fingerprint density at radius 2 is 1.24 bits per heavy atom. The van der Waals surface area contributed by atoms with Crippen molar-refractivity contribution >= 4 is 18.5 Å². The molecule has 1 fully saturated rings. The third-order valence-electron chi connectivity index (χ3n) is 4.39. The lowest BCUT2D eigenvalue weighted by Gasteiger charge is -2.30. The first kappa shape index (κ1) is 14.5. The molecule has 0 nitrogen and oxygen atoms in total. The minimum Gasteiger partial charge on any atom is -0.0944 e. The van der Waals surface area contributed by atoms with E-state index in [9.17, 15) is 0 Å². The fraction of sp³-hybridized carbons (Fsp3) is 0.300. The maximum atomic E-state index is 4.56. The predicted molar refractivity (Wildman–Crippen MR) is 94.8 cm³/mol. The van der Waals surface area contributed by atoms with Crippen molar-refractivity contribution < 1.29 is 0 Å². The zero-order valence-corrected chi connectivity index (χ0v) is 13.4. The van der Waals surface area contributed by atoms with E-state index in [1.54, 1.807) is 0 Å². The van der Waals surface area contributed by atoms with Gasteiger partial charge in [0.15, 0.2) is 0 Å². The highest BCUT2D eigenvalue weighted by Crippen LogP contribution is 2.49. The Kier molecular flexibility index (Phi) is 4.88. The first-order valence-electron chi connectivity index (χ1n) is 7.95. The molecule has 0 radical (unpaired) electrons. The van der Waals surface area contributed by atoms with Crippen LogP contribution in [-0.4, -0.2) is 0 Å². The Hall–Kier alpha value is -1.39. The van der Waals surface area contributed by atoms with E-state index in [0.29, 0.717) is 5.92 Å². The van der Waals surface area contributed by atoms with E-state index >= 15 is 0 Å². The maximum absolute atomic E-state index is 4.56. The molecular weight excluding hydrogens is 271 g/mol. The fourth-order valence-corrected chi connectivity index (χ4v) is 5.78. The Morgan fingerprint density at radius 1 is 0.762 bits per heavy atom. The first-order chi connectivity index (χ1) is 10.4. The van der Waals surface area contributed by atoms with Crippen molar-refractivity contribution in [2.75, 3.05) is 0 Å². The normalized spacial score (nSPS) is 16.0. The molecule has 108 valence electrons. The van der Waals surface area contributed by atoms with E-state index in [-0.39, 0.29) is 0 Å².